The highest BCUT2D eigenvalue weighted by Crippen LogP contribution is 2.31. The topological polar surface area (TPSA) is 30.0 Å². The van der Waals surface area contributed by atoms with Crippen molar-refractivity contribution < 1.29 is 4.79 Å². The Bertz CT molecular complexity index is 820. The van der Waals surface area contributed by atoms with E-state index in [-0.39, 0.29) is 5.78 Å². The van der Waals surface area contributed by atoms with Gasteiger partial charge < -0.3 is 0 Å². The van der Waals surface area contributed by atoms with Gasteiger partial charge in [0.25, 0.3) is 0 Å². The van der Waals surface area contributed by atoms with E-state index >= 15 is 0 Å². The zero-order chi connectivity index (χ0) is 12.8. The molecule has 2 heteroatoms. The van der Waals surface area contributed by atoms with E-state index in [2.05, 4.69) is 17.1 Å². The Kier molecular flexibility index (Phi) is 2.18. The Hall–Kier alpha value is -2.22. The molecule has 0 aliphatic heterocycles. The first-order valence-electron chi connectivity index (χ1n) is 6.67. The number of benzene rings is 2. The summed E-state index contributed by atoms with van der Waals surface area (Å²) in [5, 5.41) is 3.52. The lowest BCUT2D eigenvalue weighted by atomic mass is 9.88. The highest BCUT2D eigenvalue weighted by Gasteiger charge is 2.20. The number of ketones is 1. The quantitative estimate of drug-likeness (QED) is 0.564. The third-order valence-corrected chi connectivity index (χ3v) is 4.00. The van der Waals surface area contributed by atoms with Crippen LogP contribution in [-0.4, -0.2) is 10.8 Å². The second-order valence-electron chi connectivity index (χ2n) is 5.11. The number of carbonyl (C=O) groups is 1. The van der Waals surface area contributed by atoms with Crippen LogP contribution in [0.15, 0.2) is 42.6 Å². The largest absolute Gasteiger partial charge is 0.294 e. The van der Waals surface area contributed by atoms with Crippen molar-refractivity contribution in [2.45, 2.75) is 19.3 Å². The van der Waals surface area contributed by atoms with Gasteiger partial charge in [0.1, 0.15) is 0 Å². The molecule has 0 radical (unpaired) electrons. The molecule has 0 bridgehead atoms. The molecule has 2 aromatic carbocycles. The third kappa shape index (κ3) is 1.49. The maximum Gasteiger partial charge on any atom is 0.163 e. The monoisotopic (exact) mass is 247 g/mol. The molecule has 1 aliphatic rings. The summed E-state index contributed by atoms with van der Waals surface area (Å²) < 4.78 is 0. The zero-order valence-electron chi connectivity index (χ0n) is 10.5. The Morgan fingerprint density at radius 3 is 2.79 bits per heavy atom. The summed E-state index contributed by atoms with van der Waals surface area (Å²) in [7, 11) is 0. The van der Waals surface area contributed by atoms with Gasteiger partial charge in [-0.2, -0.15) is 0 Å². The lowest BCUT2D eigenvalue weighted by Crippen LogP contribution is -2.11. The van der Waals surface area contributed by atoms with Crippen LogP contribution < -0.4 is 0 Å². The molecule has 3 aromatic rings. The number of aryl methyl sites for hydroxylation is 1. The first-order chi connectivity index (χ1) is 9.34. The first-order valence-corrected chi connectivity index (χ1v) is 6.67. The molecule has 0 saturated carbocycles. The van der Waals surface area contributed by atoms with Crippen molar-refractivity contribution in [1.82, 2.24) is 4.98 Å². The van der Waals surface area contributed by atoms with Gasteiger partial charge in [-0.05, 0) is 23.8 Å². The first kappa shape index (κ1) is 10.7. The average molecular weight is 247 g/mol. The molecule has 2 nitrogen and oxygen atoms in total. The summed E-state index contributed by atoms with van der Waals surface area (Å²) >= 11 is 0. The maximum absolute atomic E-state index is 12.0. The van der Waals surface area contributed by atoms with Crippen LogP contribution in [0.25, 0.3) is 21.7 Å². The fraction of sp³-hybridized carbons (Fsp3) is 0.176. The van der Waals surface area contributed by atoms with E-state index in [0.717, 1.165) is 40.3 Å². The maximum atomic E-state index is 12.0. The number of fused-ring (bicyclic) bond motifs is 5. The Labute approximate surface area is 111 Å². The molecule has 0 spiro atoms. The zero-order valence-corrected chi connectivity index (χ0v) is 10.5. The van der Waals surface area contributed by atoms with Crippen LogP contribution in [0.4, 0.5) is 0 Å². The van der Waals surface area contributed by atoms with Crippen LogP contribution in [0.5, 0.6) is 0 Å². The van der Waals surface area contributed by atoms with Gasteiger partial charge in [0, 0.05) is 29.0 Å². The molecule has 1 aromatic heterocycles. The van der Waals surface area contributed by atoms with Crippen LogP contribution >= 0.6 is 0 Å². The minimum absolute atomic E-state index is 0.262. The van der Waals surface area contributed by atoms with Crippen molar-refractivity contribution in [2.24, 2.45) is 0 Å². The lowest BCUT2D eigenvalue weighted by Gasteiger charge is -2.16. The van der Waals surface area contributed by atoms with Gasteiger partial charge in [-0.15, -0.1) is 0 Å². The van der Waals surface area contributed by atoms with E-state index in [0.29, 0.717) is 6.42 Å². The van der Waals surface area contributed by atoms with Gasteiger partial charge in [0.15, 0.2) is 5.78 Å². The number of nitrogens with zero attached hydrogens (tertiary/aromatic N) is 1. The number of pyridine rings is 1. The standard InChI is InChI=1S/C17H13NO/c19-16-7-3-6-14-13(16)8-9-15-12-5-2-1-4-11(12)10-18-17(14)15/h1-2,4-5,8-10H,3,6-7H2. The summed E-state index contributed by atoms with van der Waals surface area (Å²) in [5.41, 5.74) is 3.02. The van der Waals surface area contributed by atoms with Crippen LogP contribution in [0.2, 0.25) is 0 Å². The second kappa shape index (κ2) is 3.89. The van der Waals surface area contributed by atoms with Crippen LogP contribution in [0.1, 0.15) is 28.8 Å². The van der Waals surface area contributed by atoms with Gasteiger partial charge in [-0.1, -0.05) is 36.4 Å². The van der Waals surface area contributed by atoms with Crippen LogP contribution in [-0.2, 0) is 6.42 Å². The summed E-state index contributed by atoms with van der Waals surface area (Å²) in [6.07, 6.45) is 4.49. The fourth-order valence-electron chi connectivity index (χ4n) is 3.06. The molecule has 0 fully saturated rings. The molecule has 4 rings (SSSR count). The van der Waals surface area contributed by atoms with Crippen molar-refractivity contribution in [1.29, 1.82) is 0 Å². The average Bonchev–Trinajstić information content (AvgIpc) is 2.47. The molecule has 1 heterocycles. The van der Waals surface area contributed by atoms with Crippen molar-refractivity contribution in [3.63, 3.8) is 0 Å². The van der Waals surface area contributed by atoms with Crippen LogP contribution in [0.3, 0.4) is 0 Å². The molecule has 92 valence electrons. The molecule has 0 N–H and O–H groups in total. The smallest absolute Gasteiger partial charge is 0.163 e. The Morgan fingerprint density at radius 2 is 1.84 bits per heavy atom. The molecular formula is C17H13NO. The molecule has 0 unspecified atom stereocenters. The normalized spacial score (nSPS) is 14.8. The van der Waals surface area contributed by atoms with Gasteiger partial charge in [0.2, 0.25) is 0 Å². The SMILES string of the molecule is O=C1CCCc2c1ccc1c2ncc2ccccc21. The predicted molar refractivity (Wildman–Crippen MR) is 76.5 cm³/mol. The highest BCUT2D eigenvalue weighted by molar-refractivity contribution is 6.10. The van der Waals surface area contributed by atoms with Gasteiger partial charge in [0.05, 0.1) is 5.52 Å². The summed E-state index contributed by atoms with van der Waals surface area (Å²) in [6.45, 7) is 0. The Morgan fingerprint density at radius 1 is 0.947 bits per heavy atom. The second-order valence-corrected chi connectivity index (χ2v) is 5.11. The molecule has 1 aliphatic carbocycles. The highest BCUT2D eigenvalue weighted by atomic mass is 16.1. The molecule has 0 atom stereocenters. The van der Waals surface area contributed by atoms with E-state index in [1.54, 1.807) is 0 Å². The number of rotatable bonds is 0. The number of Topliss-reactive ketones (excluding diaryl/α,β-unsaturated/α-hetero) is 1. The van der Waals surface area contributed by atoms with Gasteiger partial charge in [-0.25, -0.2) is 0 Å². The number of aromatic nitrogens is 1. The predicted octanol–water partition coefficient (Wildman–Crippen LogP) is 3.91. The van der Waals surface area contributed by atoms with E-state index in [4.69, 9.17) is 0 Å². The summed E-state index contributed by atoms with van der Waals surface area (Å²) in [4.78, 5) is 16.6. The molecular weight excluding hydrogens is 234 g/mol. The molecule has 19 heavy (non-hydrogen) atoms. The van der Waals surface area contributed by atoms with E-state index < -0.39 is 0 Å². The Balaban J connectivity index is 2.16. The molecule has 0 saturated heterocycles. The van der Waals surface area contributed by atoms with E-state index in [9.17, 15) is 4.79 Å². The van der Waals surface area contributed by atoms with Gasteiger partial charge in [-0.3, -0.25) is 9.78 Å². The van der Waals surface area contributed by atoms with Crippen molar-refractivity contribution in [2.75, 3.05) is 0 Å². The van der Waals surface area contributed by atoms with E-state index in [1.165, 1.54) is 5.39 Å². The molecule has 0 amide bonds. The number of hydrogen-bond donors (Lipinski definition) is 0. The minimum Gasteiger partial charge on any atom is -0.294 e. The fourth-order valence-corrected chi connectivity index (χ4v) is 3.06. The van der Waals surface area contributed by atoms with Crippen molar-refractivity contribution >= 4 is 27.5 Å². The summed E-state index contributed by atoms with van der Waals surface area (Å²) in [5.74, 6) is 0.262. The van der Waals surface area contributed by atoms with Crippen LogP contribution in [0, 0.1) is 0 Å². The van der Waals surface area contributed by atoms with Crippen molar-refractivity contribution in [3.05, 3.63) is 53.7 Å². The number of hydrogen-bond acceptors (Lipinski definition) is 2. The van der Waals surface area contributed by atoms with Crippen molar-refractivity contribution in [3.8, 4) is 0 Å². The number of carbonyl (C=O) groups excluding carboxylic acids is 1. The minimum atomic E-state index is 0.262. The lowest BCUT2D eigenvalue weighted by molar-refractivity contribution is 0.0973. The van der Waals surface area contributed by atoms with Gasteiger partial charge >= 0.3 is 0 Å². The van der Waals surface area contributed by atoms with E-state index in [1.807, 2.05) is 30.5 Å². The summed E-state index contributed by atoms with van der Waals surface area (Å²) in [6, 6.07) is 12.3. The third-order valence-electron chi connectivity index (χ3n) is 4.00.